The van der Waals surface area contributed by atoms with Gasteiger partial charge in [-0.25, -0.2) is 0 Å². The van der Waals surface area contributed by atoms with E-state index in [4.69, 9.17) is 4.74 Å². The summed E-state index contributed by atoms with van der Waals surface area (Å²) in [5, 5.41) is 3.72. The van der Waals surface area contributed by atoms with Crippen LogP contribution in [0.4, 0.5) is 0 Å². The molecule has 0 aliphatic heterocycles. The van der Waals surface area contributed by atoms with Gasteiger partial charge in [-0.15, -0.1) is 0 Å². The van der Waals surface area contributed by atoms with E-state index < -0.39 is 0 Å². The Kier molecular flexibility index (Phi) is 6.14. The van der Waals surface area contributed by atoms with Crippen LogP contribution in [0.1, 0.15) is 85.5 Å². The molecule has 2 atom stereocenters. The molecule has 0 spiro atoms. The highest BCUT2D eigenvalue weighted by Gasteiger charge is 2.37. The van der Waals surface area contributed by atoms with Crippen LogP contribution < -0.4 is 5.32 Å². The third-order valence-electron chi connectivity index (χ3n) is 5.34. The molecule has 2 nitrogen and oxygen atoms in total. The Morgan fingerprint density at radius 1 is 1.05 bits per heavy atom. The molecule has 2 fully saturated rings. The minimum Gasteiger partial charge on any atom is -0.373 e. The standard InChI is InChI=1S/C19H37NO/c1-16-9-8-12-19(13-16,15-20-18(2,3)4)21-14-17-10-6-5-7-11-17/h16-17,20H,5-15H2,1-4H3. The number of hydrogen-bond acceptors (Lipinski definition) is 2. The van der Waals surface area contributed by atoms with Crippen LogP contribution in [0.15, 0.2) is 0 Å². The maximum atomic E-state index is 6.61. The van der Waals surface area contributed by atoms with E-state index >= 15 is 0 Å². The lowest BCUT2D eigenvalue weighted by atomic mass is 9.78. The molecule has 0 saturated heterocycles. The van der Waals surface area contributed by atoms with Gasteiger partial charge in [-0.05, 0) is 58.3 Å². The molecule has 124 valence electrons. The number of ether oxygens (including phenoxy) is 1. The summed E-state index contributed by atoms with van der Waals surface area (Å²) >= 11 is 0. The summed E-state index contributed by atoms with van der Waals surface area (Å²) in [6.45, 7) is 11.2. The van der Waals surface area contributed by atoms with Gasteiger partial charge in [0.05, 0.1) is 12.2 Å². The van der Waals surface area contributed by atoms with Crippen molar-refractivity contribution in [2.24, 2.45) is 11.8 Å². The van der Waals surface area contributed by atoms with Crippen LogP contribution in [-0.2, 0) is 4.74 Å². The molecule has 2 aliphatic carbocycles. The van der Waals surface area contributed by atoms with E-state index in [1.165, 1.54) is 57.8 Å². The highest BCUT2D eigenvalue weighted by Crippen LogP contribution is 2.36. The topological polar surface area (TPSA) is 21.3 Å². The van der Waals surface area contributed by atoms with Crippen LogP contribution in [0, 0.1) is 11.8 Å². The van der Waals surface area contributed by atoms with Gasteiger partial charge in [-0.3, -0.25) is 0 Å². The second kappa shape index (κ2) is 7.46. The fourth-order valence-electron chi connectivity index (χ4n) is 4.03. The van der Waals surface area contributed by atoms with E-state index in [0.717, 1.165) is 25.0 Å². The first-order valence-corrected chi connectivity index (χ1v) is 9.28. The first-order chi connectivity index (χ1) is 9.89. The van der Waals surface area contributed by atoms with E-state index in [0.29, 0.717) is 0 Å². The van der Waals surface area contributed by atoms with E-state index in [-0.39, 0.29) is 11.1 Å². The molecular weight excluding hydrogens is 258 g/mol. The molecule has 0 radical (unpaired) electrons. The minimum atomic E-state index is 0.0996. The molecule has 0 amide bonds. The van der Waals surface area contributed by atoms with Gasteiger partial charge < -0.3 is 10.1 Å². The molecular formula is C19H37NO. The van der Waals surface area contributed by atoms with Crippen molar-refractivity contribution in [1.82, 2.24) is 5.32 Å². The summed E-state index contributed by atoms with van der Waals surface area (Å²) in [6, 6.07) is 0. The average Bonchev–Trinajstić information content (AvgIpc) is 2.44. The fourth-order valence-corrected chi connectivity index (χ4v) is 4.03. The van der Waals surface area contributed by atoms with Crippen molar-refractivity contribution in [2.45, 2.75) is 96.6 Å². The van der Waals surface area contributed by atoms with Crippen LogP contribution >= 0.6 is 0 Å². The lowest BCUT2D eigenvalue weighted by Crippen LogP contribution is -2.51. The molecule has 0 heterocycles. The van der Waals surface area contributed by atoms with Crippen LogP contribution in [0.5, 0.6) is 0 Å². The Morgan fingerprint density at radius 2 is 1.76 bits per heavy atom. The first kappa shape index (κ1) is 17.3. The Labute approximate surface area is 132 Å². The van der Waals surface area contributed by atoms with Crippen molar-refractivity contribution in [3.63, 3.8) is 0 Å². The molecule has 2 heteroatoms. The largest absolute Gasteiger partial charge is 0.373 e. The maximum absolute atomic E-state index is 6.61. The van der Waals surface area contributed by atoms with Crippen molar-refractivity contribution in [1.29, 1.82) is 0 Å². The summed E-state index contributed by atoms with van der Waals surface area (Å²) < 4.78 is 6.61. The van der Waals surface area contributed by atoms with E-state index in [1.807, 2.05) is 0 Å². The van der Waals surface area contributed by atoms with Gasteiger partial charge >= 0.3 is 0 Å². The molecule has 0 bridgehead atoms. The normalized spacial score (nSPS) is 32.3. The Bertz CT molecular complexity index is 303. The molecule has 2 aliphatic rings. The van der Waals surface area contributed by atoms with Crippen LogP contribution in [0.2, 0.25) is 0 Å². The Balaban J connectivity index is 1.90. The third kappa shape index (κ3) is 5.90. The fraction of sp³-hybridized carbons (Fsp3) is 1.00. The molecule has 2 unspecified atom stereocenters. The molecule has 2 saturated carbocycles. The molecule has 1 N–H and O–H groups in total. The third-order valence-corrected chi connectivity index (χ3v) is 5.34. The highest BCUT2D eigenvalue weighted by atomic mass is 16.5. The summed E-state index contributed by atoms with van der Waals surface area (Å²) in [4.78, 5) is 0. The minimum absolute atomic E-state index is 0.0996. The first-order valence-electron chi connectivity index (χ1n) is 9.28. The zero-order chi connectivity index (χ0) is 15.3. The van der Waals surface area contributed by atoms with Crippen molar-refractivity contribution in [3.8, 4) is 0 Å². The second-order valence-corrected chi connectivity index (χ2v) is 8.80. The van der Waals surface area contributed by atoms with Gasteiger partial charge in [-0.1, -0.05) is 39.0 Å². The Hall–Kier alpha value is -0.0800. The van der Waals surface area contributed by atoms with Gasteiger partial charge in [0.1, 0.15) is 0 Å². The van der Waals surface area contributed by atoms with Crippen molar-refractivity contribution >= 4 is 0 Å². The van der Waals surface area contributed by atoms with Crippen molar-refractivity contribution in [3.05, 3.63) is 0 Å². The second-order valence-electron chi connectivity index (χ2n) is 8.80. The molecule has 0 aromatic carbocycles. The van der Waals surface area contributed by atoms with Gasteiger partial charge in [0, 0.05) is 12.1 Å². The predicted molar refractivity (Wildman–Crippen MR) is 90.6 cm³/mol. The Morgan fingerprint density at radius 3 is 2.38 bits per heavy atom. The monoisotopic (exact) mass is 295 g/mol. The lowest BCUT2D eigenvalue weighted by molar-refractivity contribution is -0.0969. The number of nitrogens with one attached hydrogen (secondary N) is 1. The average molecular weight is 296 g/mol. The van der Waals surface area contributed by atoms with Crippen molar-refractivity contribution < 1.29 is 4.74 Å². The summed E-state index contributed by atoms with van der Waals surface area (Å²) in [7, 11) is 0. The quantitative estimate of drug-likeness (QED) is 0.777. The zero-order valence-corrected chi connectivity index (χ0v) is 14.8. The highest BCUT2D eigenvalue weighted by molar-refractivity contribution is 4.91. The van der Waals surface area contributed by atoms with E-state index in [1.54, 1.807) is 0 Å². The van der Waals surface area contributed by atoms with Gasteiger partial charge in [0.15, 0.2) is 0 Å². The van der Waals surface area contributed by atoms with Gasteiger partial charge in [0.2, 0.25) is 0 Å². The van der Waals surface area contributed by atoms with Crippen LogP contribution in [0.25, 0.3) is 0 Å². The van der Waals surface area contributed by atoms with Gasteiger partial charge in [0.25, 0.3) is 0 Å². The predicted octanol–water partition coefficient (Wildman–Crippen LogP) is 4.92. The molecule has 2 rings (SSSR count). The van der Waals surface area contributed by atoms with Crippen LogP contribution in [-0.4, -0.2) is 24.3 Å². The molecule has 0 aromatic heterocycles. The SMILES string of the molecule is CC1CCCC(CNC(C)(C)C)(OCC2CCCCC2)C1. The summed E-state index contributed by atoms with van der Waals surface area (Å²) in [6.07, 6.45) is 12.2. The van der Waals surface area contributed by atoms with Crippen LogP contribution in [0.3, 0.4) is 0 Å². The van der Waals surface area contributed by atoms with Gasteiger partial charge in [-0.2, -0.15) is 0 Å². The van der Waals surface area contributed by atoms with E-state index in [9.17, 15) is 0 Å². The summed E-state index contributed by atoms with van der Waals surface area (Å²) in [5.74, 6) is 1.63. The lowest BCUT2D eigenvalue weighted by Gasteiger charge is -2.43. The smallest absolute Gasteiger partial charge is 0.0809 e. The number of hydrogen-bond donors (Lipinski definition) is 1. The molecule has 0 aromatic rings. The number of rotatable bonds is 5. The van der Waals surface area contributed by atoms with E-state index in [2.05, 4.69) is 33.0 Å². The maximum Gasteiger partial charge on any atom is 0.0809 e. The molecule has 21 heavy (non-hydrogen) atoms. The van der Waals surface area contributed by atoms with Crippen molar-refractivity contribution in [2.75, 3.05) is 13.2 Å². The zero-order valence-electron chi connectivity index (χ0n) is 14.8. The summed E-state index contributed by atoms with van der Waals surface area (Å²) in [5.41, 5.74) is 0.282.